The second kappa shape index (κ2) is 3.80. The van der Waals surface area contributed by atoms with E-state index in [-0.39, 0.29) is 5.54 Å². The van der Waals surface area contributed by atoms with Crippen LogP contribution in [0.5, 0.6) is 0 Å². The molecule has 1 aliphatic heterocycles. The van der Waals surface area contributed by atoms with Gasteiger partial charge in [-0.2, -0.15) is 0 Å². The van der Waals surface area contributed by atoms with Gasteiger partial charge in [-0.15, -0.1) is 0 Å². The Hall–Kier alpha value is -0.120. The first kappa shape index (κ1) is 10.4. The van der Waals surface area contributed by atoms with Crippen LogP contribution in [0.2, 0.25) is 0 Å². The molecule has 1 heterocycles. The second-order valence-corrected chi connectivity index (χ2v) is 4.96. The van der Waals surface area contributed by atoms with Gasteiger partial charge >= 0.3 is 0 Å². The SMILES string of the molecule is CN(C1CCOC1)C(C)(CN)C1CC1. The van der Waals surface area contributed by atoms with E-state index in [0.29, 0.717) is 6.04 Å². The fraction of sp³-hybridized carbons (Fsp3) is 1.00. The molecule has 14 heavy (non-hydrogen) atoms. The Kier molecular flexibility index (Phi) is 2.82. The van der Waals surface area contributed by atoms with Crippen molar-refractivity contribution in [3.63, 3.8) is 0 Å². The van der Waals surface area contributed by atoms with Crippen molar-refractivity contribution in [1.29, 1.82) is 0 Å². The molecule has 0 bridgehead atoms. The monoisotopic (exact) mass is 198 g/mol. The topological polar surface area (TPSA) is 38.5 Å². The highest BCUT2D eigenvalue weighted by Gasteiger charge is 2.45. The molecule has 2 N–H and O–H groups in total. The van der Waals surface area contributed by atoms with Gasteiger partial charge in [0.25, 0.3) is 0 Å². The lowest BCUT2D eigenvalue weighted by Crippen LogP contribution is -2.55. The third-order valence-electron chi connectivity index (χ3n) is 4.13. The molecule has 0 spiro atoms. The fourth-order valence-corrected chi connectivity index (χ4v) is 2.55. The van der Waals surface area contributed by atoms with E-state index in [1.54, 1.807) is 0 Å². The standard InChI is InChI=1S/C11H22N2O/c1-11(8-12,9-3-4-9)13(2)10-5-6-14-7-10/h9-10H,3-8,12H2,1-2H3. The smallest absolute Gasteiger partial charge is 0.0622 e. The lowest BCUT2D eigenvalue weighted by atomic mass is 9.92. The summed E-state index contributed by atoms with van der Waals surface area (Å²) in [4.78, 5) is 2.47. The quantitative estimate of drug-likeness (QED) is 0.727. The van der Waals surface area contributed by atoms with E-state index in [1.807, 2.05) is 0 Å². The maximum atomic E-state index is 5.93. The van der Waals surface area contributed by atoms with Crippen molar-refractivity contribution in [2.45, 2.75) is 37.8 Å². The van der Waals surface area contributed by atoms with Crippen molar-refractivity contribution < 1.29 is 4.74 Å². The summed E-state index contributed by atoms with van der Waals surface area (Å²) in [7, 11) is 2.21. The normalized spacial score (nSPS) is 32.1. The van der Waals surface area contributed by atoms with Crippen LogP contribution in [0.15, 0.2) is 0 Å². The van der Waals surface area contributed by atoms with E-state index in [2.05, 4.69) is 18.9 Å². The Labute approximate surface area is 86.6 Å². The zero-order valence-corrected chi connectivity index (χ0v) is 9.33. The Balaban J connectivity index is 2.02. The van der Waals surface area contributed by atoms with Gasteiger partial charge in [0.05, 0.1) is 6.61 Å². The Morgan fingerprint density at radius 3 is 2.57 bits per heavy atom. The molecule has 1 saturated carbocycles. The van der Waals surface area contributed by atoms with Crippen LogP contribution in [0.1, 0.15) is 26.2 Å². The summed E-state index contributed by atoms with van der Waals surface area (Å²) in [5, 5.41) is 0. The van der Waals surface area contributed by atoms with Gasteiger partial charge in [-0.05, 0) is 39.2 Å². The van der Waals surface area contributed by atoms with Crippen molar-refractivity contribution >= 4 is 0 Å². The van der Waals surface area contributed by atoms with Gasteiger partial charge in [-0.1, -0.05) is 0 Å². The molecule has 0 radical (unpaired) electrons. The summed E-state index contributed by atoms with van der Waals surface area (Å²) < 4.78 is 5.44. The minimum Gasteiger partial charge on any atom is -0.380 e. The highest BCUT2D eigenvalue weighted by atomic mass is 16.5. The molecule has 82 valence electrons. The Morgan fingerprint density at radius 1 is 1.43 bits per heavy atom. The van der Waals surface area contributed by atoms with E-state index in [1.165, 1.54) is 19.3 Å². The van der Waals surface area contributed by atoms with Crippen LogP contribution in [0.25, 0.3) is 0 Å². The van der Waals surface area contributed by atoms with Crippen LogP contribution in [-0.2, 0) is 4.74 Å². The first-order valence-electron chi connectivity index (χ1n) is 5.69. The number of nitrogens with two attached hydrogens (primary N) is 1. The number of rotatable bonds is 4. The summed E-state index contributed by atoms with van der Waals surface area (Å²) in [6.45, 7) is 4.88. The summed E-state index contributed by atoms with van der Waals surface area (Å²) in [6.07, 6.45) is 3.87. The summed E-state index contributed by atoms with van der Waals surface area (Å²) in [5.74, 6) is 0.818. The third-order valence-corrected chi connectivity index (χ3v) is 4.13. The van der Waals surface area contributed by atoms with Crippen molar-refractivity contribution in [2.24, 2.45) is 11.7 Å². The number of likely N-dealkylation sites (N-methyl/N-ethyl adjacent to an activating group) is 1. The molecule has 0 aromatic carbocycles. The van der Waals surface area contributed by atoms with Gasteiger partial charge in [0.2, 0.25) is 0 Å². The van der Waals surface area contributed by atoms with E-state index < -0.39 is 0 Å². The van der Waals surface area contributed by atoms with Gasteiger partial charge < -0.3 is 10.5 Å². The van der Waals surface area contributed by atoms with Crippen molar-refractivity contribution in [3.8, 4) is 0 Å². The minimum atomic E-state index is 0.207. The van der Waals surface area contributed by atoms with Gasteiger partial charge in [-0.25, -0.2) is 0 Å². The predicted molar refractivity (Wildman–Crippen MR) is 57.2 cm³/mol. The van der Waals surface area contributed by atoms with E-state index in [9.17, 15) is 0 Å². The van der Waals surface area contributed by atoms with Crippen molar-refractivity contribution in [1.82, 2.24) is 4.90 Å². The fourth-order valence-electron chi connectivity index (χ4n) is 2.55. The largest absolute Gasteiger partial charge is 0.380 e. The Bertz CT molecular complexity index is 199. The molecule has 2 unspecified atom stereocenters. The van der Waals surface area contributed by atoms with E-state index in [0.717, 1.165) is 25.7 Å². The van der Waals surface area contributed by atoms with Crippen LogP contribution < -0.4 is 5.73 Å². The second-order valence-electron chi connectivity index (χ2n) is 4.96. The third kappa shape index (κ3) is 1.69. The number of ether oxygens (including phenoxy) is 1. The average Bonchev–Trinajstić information content (AvgIpc) is 2.92. The minimum absolute atomic E-state index is 0.207. The van der Waals surface area contributed by atoms with Gasteiger partial charge in [0, 0.05) is 24.7 Å². The maximum Gasteiger partial charge on any atom is 0.0622 e. The molecule has 2 aliphatic rings. The summed E-state index contributed by atoms with van der Waals surface area (Å²) in [6, 6.07) is 0.587. The van der Waals surface area contributed by atoms with E-state index in [4.69, 9.17) is 10.5 Å². The van der Waals surface area contributed by atoms with Crippen LogP contribution in [-0.4, -0.2) is 43.3 Å². The van der Waals surface area contributed by atoms with Crippen molar-refractivity contribution in [3.05, 3.63) is 0 Å². The molecule has 1 saturated heterocycles. The van der Waals surface area contributed by atoms with Crippen molar-refractivity contribution in [2.75, 3.05) is 26.8 Å². The predicted octanol–water partition coefficient (Wildman–Crippen LogP) is 0.834. The lowest BCUT2D eigenvalue weighted by Gasteiger charge is -2.41. The molecular formula is C11H22N2O. The van der Waals surface area contributed by atoms with Gasteiger partial charge in [-0.3, -0.25) is 4.90 Å². The summed E-state index contributed by atoms with van der Waals surface area (Å²) in [5.41, 5.74) is 6.14. The zero-order valence-electron chi connectivity index (χ0n) is 9.33. The first-order valence-corrected chi connectivity index (χ1v) is 5.69. The average molecular weight is 198 g/mol. The first-order chi connectivity index (χ1) is 6.68. The molecule has 0 aromatic rings. The highest BCUT2D eigenvalue weighted by molar-refractivity contribution is 5.01. The number of hydrogen-bond acceptors (Lipinski definition) is 3. The molecule has 0 aromatic heterocycles. The van der Waals surface area contributed by atoms with Crippen LogP contribution in [0, 0.1) is 5.92 Å². The highest BCUT2D eigenvalue weighted by Crippen LogP contribution is 2.43. The molecule has 3 nitrogen and oxygen atoms in total. The molecular weight excluding hydrogens is 176 g/mol. The molecule has 1 aliphatic carbocycles. The summed E-state index contributed by atoms with van der Waals surface area (Å²) >= 11 is 0. The molecule has 2 fully saturated rings. The maximum absolute atomic E-state index is 5.93. The lowest BCUT2D eigenvalue weighted by molar-refractivity contribution is 0.0627. The molecule has 2 atom stereocenters. The number of hydrogen-bond donors (Lipinski definition) is 1. The molecule has 0 amide bonds. The van der Waals surface area contributed by atoms with Gasteiger partial charge in [0.1, 0.15) is 0 Å². The van der Waals surface area contributed by atoms with Crippen LogP contribution in [0.4, 0.5) is 0 Å². The zero-order chi connectivity index (χ0) is 10.2. The number of nitrogens with zero attached hydrogens (tertiary/aromatic N) is 1. The molecule has 3 heteroatoms. The van der Waals surface area contributed by atoms with Crippen LogP contribution in [0.3, 0.4) is 0 Å². The van der Waals surface area contributed by atoms with Gasteiger partial charge in [0.15, 0.2) is 0 Å². The Morgan fingerprint density at radius 2 is 2.14 bits per heavy atom. The molecule has 2 rings (SSSR count). The van der Waals surface area contributed by atoms with Crippen LogP contribution >= 0.6 is 0 Å². The van der Waals surface area contributed by atoms with E-state index >= 15 is 0 Å².